The van der Waals surface area contributed by atoms with Crippen molar-refractivity contribution in [3.8, 4) is 11.1 Å². The average molecular weight is 535 g/mol. The summed E-state index contributed by atoms with van der Waals surface area (Å²) < 4.78 is 46.9. The van der Waals surface area contributed by atoms with Gasteiger partial charge in [0.25, 0.3) is 0 Å². The van der Waals surface area contributed by atoms with Gasteiger partial charge in [0.2, 0.25) is 0 Å². The summed E-state index contributed by atoms with van der Waals surface area (Å²) in [6.07, 6.45) is 0.769. The Morgan fingerprint density at radius 1 is 0.639 bits per heavy atom. The monoisotopic (exact) mass is 534 g/mol. The first kappa shape index (κ1) is 26.0. The molecule has 0 radical (unpaired) electrons. The van der Waals surface area contributed by atoms with Crippen molar-refractivity contribution in [3.63, 3.8) is 0 Å². The fraction of sp³-hybridized carbons (Fsp3) is 0.417. The van der Waals surface area contributed by atoms with Gasteiger partial charge in [-0.1, -0.05) is 24.3 Å². The molecule has 4 rings (SSSR count). The lowest BCUT2D eigenvalue weighted by Gasteiger charge is -2.24. The van der Waals surface area contributed by atoms with Crippen molar-refractivity contribution in [1.29, 1.82) is 0 Å². The molecule has 0 aliphatic carbocycles. The summed E-state index contributed by atoms with van der Waals surface area (Å²) in [6.45, 7) is 3.45. The highest BCUT2D eigenvalue weighted by Gasteiger charge is 2.40. The number of carbonyl (C=O) groups excluding carboxylic acids is 2. The van der Waals surface area contributed by atoms with Crippen LogP contribution in [0, 0.1) is 0 Å². The van der Waals surface area contributed by atoms with Crippen LogP contribution in [0.4, 0.5) is 21.0 Å². The summed E-state index contributed by atoms with van der Waals surface area (Å²) in [5.74, 6) is 0.00251. The van der Waals surface area contributed by atoms with Crippen LogP contribution in [0.25, 0.3) is 11.1 Å². The molecule has 4 N–H and O–H groups in total. The van der Waals surface area contributed by atoms with Crippen molar-refractivity contribution in [3.05, 3.63) is 48.5 Å². The molecule has 2 aromatic carbocycles. The minimum atomic E-state index is -3.12. The fourth-order valence-electron chi connectivity index (χ4n) is 4.58. The van der Waals surface area contributed by atoms with Gasteiger partial charge in [0.15, 0.2) is 19.7 Å². The van der Waals surface area contributed by atoms with Gasteiger partial charge in [-0.3, -0.25) is 0 Å². The molecule has 0 spiro atoms. The van der Waals surface area contributed by atoms with Crippen LogP contribution in [0.3, 0.4) is 0 Å². The molecule has 2 fully saturated rings. The number of hydrogen-bond donors (Lipinski definition) is 4. The second-order valence-corrected chi connectivity index (χ2v) is 14.5. The molecule has 10 nitrogen and oxygen atoms in total. The molecule has 0 aromatic heterocycles. The van der Waals surface area contributed by atoms with Gasteiger partial charge in [-0.2, -0.15) is 0 Å². The number of benzene rings is 2. The maximum absolute atomic E-state index is 12.3. The highest BCUT2D eigenvalue weighted by Crippen LogP contribution is 2.26. The van der Waals surface area contributed by atoms with E-state index in [2.05, 4.69) is 21.3 Å². The number of sulfone groups is 2. The molecule has 12 heteroatoms. The number of nitrogens with one attached hydrogen (secondary N) is 4. The number of hydrogen-bond acceptors (Lipinski definition) is 6. The van der Waals surface area contributed by atoms with E-state index in [1.54, 1.807) is 38.1 Å². The normalized spacial score (nSPS) is 26.2. The Morgan fingerprint density at radius 2 is 0.972 bits per heavy atom. The predicted molar refractivity (Wildman–Crippen MR) is 140 cm³/mol. The Bertz CT molecular complexity index is 1270. The predicted octanol–water partition coefficient (Wildman–Crippen LogP) is 2.75. The van der Waals surface area contributed by atoms with Gasteiger partial charge in [0.1, 0.15) is 0 Å². The summed E-state index contributed by atoms with van der Waals surface area (Å²) in [6, 6.07) is 13.4. The summed E-state index contributed by atoms with van der Waals surface area (Å²) in [5.41, 5.74) is 1.38. The zero-order valence-electron chi connectivity index (χ0n) is 20.1. The smallest absolute Gasteiger partial charge is 0.319 e. The van der Waals surface area contributed by atoms with Crippen LogP contribution in [0.5, 0.6) is 0 Å². The van der Waals surface area contributed by atoms with Crippen LogP contribution in [-0.4, -0.2) is 63.0 Å². The summed E-state index contributed by atoms with van der Waals surface area (Å²) in [5, 5.41) is 11.0. The van der Waals surface area contributed by atoms with Crippen molar-refractivity contribution in [2.45, 2.75) is 37.8 Å². The summed E-state index contributed by atoms with van der Waals surface area (Å²) >= 11 is 0. The SMILES string of the molecule is C[C@]1(NC(=O)Nc2ccc(-c3ccc(NC(=O)N[C@]4(C)CCS(=O)(=O)C4)cc3)cc2)CCS(=O)(=O)C1. The maximum Gasteiger partial charge on any atom is 0.319 e. The van der Waals surface area contributed by atoms with Crippen LogP contribution in [0.2, 0.25) is 0 Å². The summed E-state index contributed by atoms with van der Waals surface area (Å²) in [7, 11) is -6.24. The van der Waals surface area contributed by atoms with Gasteiger partial charge < -0.3 is 21.3 Å². The van der Waals surface area contributed by atoms with Gasteiger partial charge in [0.05, 0.1) is 34.1 Å². The van der Waals surface area contributed by atoms with Crippen LogP contribution < -0.4 is 21.3 Å². The molecule has 2 aliphatic heterocycles. The van der Waals surface area contributed by atoms with Gasteiger partial charge >= 0.3 is 12.1 Å². The molecular weight excluding hydrogens is 504 g/mol. The van der Waals surface area contributed by atoms with E-state index in [0.29, 0.717) is 24.2 Å². The first-order valence-electron chi connectivity index (χ1n) is 11.5. The molecule has 0 bridgehead atoms. The maximum atomic E-state index is 12.3. The van der Waals surface area contributed by atoms with Crippen LogP contribution in [0.15, 0.2) is 48.5 Å². The number of amides is 4. The molecule has 2 heterocycles. The second-order valence-electron chi connectivity index (χ2n) is 10.1. The van der Waals surface area contributed by atoms with Crippen molar-refractivity contribution in [2.24, 2.45) is 0 Å². The molecule has 0 unspecified atom stereocenters. The first-order valence-corrected chi connectivity index (χ1v) is 15.2. The van der Waals surface area contributed by atoms with E-state index in [-0.39, 0.29) is 23.0 Å². The topological polar surface area (TPSA) is 151 Å². The Balaban J connectivity index is 1.31. The molecule has 36 heavy (non-hydrogen) atoms. The molecule has 2 atom stereocenters. The van der Waals surface area contributed by atoms with E-state index in [0.717, 1.165) is 11.1 Å². The van der Waals surface area contributed by atoms with E-state index in [1.165, 1.54) is 0 Å². The lowest BCUT2D eigenvalue weighted by atomic mass is 10.0. The average Bonchev–Trinajstić information content (AvgIpc) is 3.21. The van der Waals surface area contributed by atoms with Crippen molar-refractivity contribution in [1.82, 2.24) is 10.6 Å². The van der Waals surface area contributed by atoms with Gasteiger partial charge in [-0.05, 0) is 62.1 Å². The number of anilines is 2. The molecule has 2 aliphatic rings. The Kier molecular flexibility index (Phi) is 6.78. The second kappa shape index (κ2) is 9.40. The van der Waals surface area contributed by atoms with Crippen molar-refractivity contribution < 1.29 is 26.4 Å². The van der Waals surface area contributed by atoms with Crippen molar-refractivity contribution in [2.75, 3.05) is 33.6 Å². The Labute approximate surface area is 211 Å². The number of rotatable bonds is 5. The quantitative estimate of drug-likeness (QED) is 0.463. The lowest BCUT2D eigenvalue weighted by Crippen LogP contribution is -2.48. The zero-order chi connectivity index (χ0) is 26.2. The zero-order valence-corrected chi connectivity index (χ0v) is 21.8. The van der Waals surface area contributed by atoms with E-state index in [9.17, 15) is 26.4 Å². The Morgan fingerprint density at radius 3 is 1.25 bits per heavy atom. The van der Waals surface area contributed by atoms with Gasteiger partial charge in [0, 0.05) is 11.4 Å². The first-order chi connectivity index (χ1) is 16.7. The van der Waals surface area contributed by atoms with Crippen LogP contribution in [0.1, 0.15) is 26.7 Å². The molecule has 194 valence electrons. The molecule has 0 saturated carbocycles. The third kappa shape index (κ3) is 6.55. The van der Waals surface area contributed by atoms with Crippen LogP contribution >= 0.6 is 0 Å². The summed E-state index contributed by atoms with van der Waals surface area (Å²) in [4.78, 5) is 24.7. The molecule has 4 amide bonds. The van der Waals surface area contributed by atoms with Gasteiger partial charge in [-0.25, -0.2) is 26.4 Å². The lowest BCUT2D eigenvalue weighted by molar-refractivity contribution is 0.241. The number of carbonyl (C=O) groups is 2. The van der Waals surface area contributed by atoms with Crippen LogP contribution in [-0.2, 0) is 19.7 Å². The molecule has 2 aromatic rings. The fourth-order valence-corrected chi connectivity index (χ4v) is 8.77. The number of urea groups is 2. The van der Waals surface area contributed by atoms with Gasteiger partial charge in [-0.15, -0.1) is 0 Å². The Hall–Kier alpha value is -3.12. The van der Waals surface area contributed by atoms with E-state index in [4.69, 9.17) is 0 Å². The molecule has 2 saturated heterocycles. The minimum Gasteiger partial charge on any atom is -0.332 e. The van der Waals surface area contributed by atoms with E-state index in [1.807, 2.05) is 24.3 Å². The van der Waals surface area contributed by atoms with Crippen molar-refractivity contribution >= 4 is 43.1 Å². The largest absolute Gasteiger partial charge is 0.332 e. The standard InChI is InChI=1S/C24H30N4O6S2/c1-23(11-13-35(31,32)15-23)27-21(29)25-19-7-3-17(4-8-19)18-5-9-20(10-6-18)26-22(30)28-24(2)12-14-36(33,34)16-24/h3-10H,11-16H2,1-2H3,(H2,25,27,29)(H2,26,28,30)/t23-,24+. The minimum absolute atomic E-state index is 0.0694. The third-order valence-electron chi connectivity index (χ3n) is 6.46. The highest BCUT2D eigenvalue weighted by molar-refractivity contribution is 7.92. The van der Waals surface area contributed by atoms with E-state index < -0.39 is 42.8 Å². The van der Waals surface area contributed by atoms with E-state index >= 15 is 0 Å². The third-order valence-corrected chi connectivity index (χ3v) is 10.3. The highest BCUT2D eigenvalue weighted by atomic mass is 32.2. The molecular formula is C24H30N4O6S2.